The summed E-state index contributed by atoms with van der Waals surface area (Å²) in [5.41, 5.74) is -0.0279. The number of methoxy groups -OCH3 is 1. The van der Waals surface area contributed by atoms with Gasteiger partial charge in [0.15, 0.2) is 15.6 Å². The fourth-order valence-corrected chi connectivity index (χ4v) is 4.83. The lowest BCUT2D eigenvalue weighted by atomic mass is 10.1. The molecule has 0 spiro atoms. The van der Waals surface area contributed by atoms with Gasteiger partial charge in [0.25, 0.3) is 0 Å². The SMILES string of the molecule is COC(=O)C(CS(=O)(=O)C1Cc2cc(Cl)ccc2C1=O)NC(=O)OC(C)(C)C. The van der Waals surface area contributed by atoms with Crippen molar-refractivity contribution in [1.82, 2.24) is 5.32 Å². The predicted octanol–water partition coefficient (Wildman–Crippen LogP) is 1.93. The van der Waals surface area contributed by atoms with Crippen molar-refractivity contribution in [1.29, 1.82) is 0 Å². The molecule has 1 N–H and O–H groups in total. The number of ketones is 1. The molecule has 0 heterocycles. The normalized spacial score (nSPS) is 17.6. The maximum atomic E-state index is 12.8. The lowest BCUT2D eigenvalue weighted by Crippen LogP contribution is -2.49. The number of benzene rings is 1. The summed E-state index contributed by atoms with van der Waals surface area (Å²) in [5, 5.41) is 1.24. The molecule has 1 amide bonds. The number of halogens is 1. The van der Waals surface area contributed by atoms with E-state index in [2.05, 4.69) is 10.1 Å². The van der Waals surface area contributed by atoms with E-state index in [0.29, 0.717) is 10.6 Å². The summed E-state index contributed by atoms with van der Waals surface area (Å²) < 4.78 is 35.3. The zero-order chi connectivity index (χ0) is 21.3. The van der Waals surface area contributed by atoms with E-state index in [-0.39, 0.29) is 12.0 Å². The Morgan fingerprint density at radius 3 is 2.54 bits per heavy atom. The summed E-state index contributed by atoms with van der Waals surface area (Å²) in [7, 11) is -3.03. The number of nitrogens with one attached hydrogen (secondary N) is 1. The van der Waals surface area contributed by atoms with E-state index in [1.165, 1.54) is 12.1 Å². The molecule has 2 unspecified atom stereocenters. The standard InChI is InChI=1S/C18H22ClNO7S/c1-18(2,3)27-17(23)20-13(16(22)26-4)9-28(24,25)14-8-10-7-11(19)5-6-12(10)15(14)21/h5-7,13-14H,8-9H2,1-4H3,(H,20,23). The molecule has 2 atom stereocenters. The molecule has 0 radical (unpaired) electrons. The van der Waals surface area contributed by atoms with Gasteiger partial charge < -0.3 is 14.8 Å². The van der Waals surface area contributed by atoms with Crippen LogP contribution in [-0.4, -0.2) is 56.0 Å². The number of carbonyl (C=O) groups is 3. The van der Waals surface area contributed by atoms with Crippen LogP contribution in [0.4, 0.5) is 4.79 Å². The van der Waals surface area contributed by atoms with Crippen LogP contribution >= 0.6 is 11.6 Å². The largest absolute Gasteiger partial charge is 0.467 e. The molecule has 8 nitrogen and oxygen atoms in total. The van der Waals surface area contributed by atoms with Gasteiger partial charge in [0.2, 0.25) is 0 Å². The lowest BCUT2D eigenvalue weighted by Gasteiger charge is -2.23. The first-order valence-corrected chi connectivity index (χ1v) is 10.5. The van der Waals surface area contributed by atoms with Gasteiger partial charge in [-0.3, -0.25) is 4.79 Å². The minimum Gasteiger partial charge on any atom is -0.467 e. The van der Waals surface area contributed by atoms with Crippen LogP contribution in [0.15, 0.2) is 18.2 Å². The van der Waals surface area contributed by atoms with E-state index in [4.69, 9.17) is 16.3 Å². The van der Waals surface area contributed by atoms with Gasteiger partial charge >= 0.3 is 12.1 Å². The van der Waals surface area contributed by atoms with Crippen LogP contribution in [0.1, 0.15) is 36.7 Å². The van der Waals surface area contributed by atoms with Gasteiger partial charge in [0.05, 0.1) is 12.9 Å². The van der Waals surface area contributed by atoms with Gasteiger partial charge in [0.1, 0.15) is 16.9 Å². The molecule has 0 aliphatic heterocycles. The number of rotatable bonds is 5. The quantitative estimate of drug-likeness (QED) is 0.708. The summed E-state index contributed by atoms with van der Waals surface area (Å²) in [4.78, 5) is 36.5. The van der Waals surface area contributed by atoms with Crippen LogP contribution in [0.3, 0.4) is 0 Å². The maximum Gasteiger partial charge on any atom is 0.408 e. The van der Waals surface area contributed by atoms with E-state index in [0.717, 1.165) is 7.11 Å². The monoisotopic (exact) mass is 431 g/mol. The number of ether oxygens (including phenoxy) is 2. The molecule has 1 aromatic rings. The Morgan fingerprint density at radius 1 is 1.32 bits per heavy atom. The fraction of sp³-hybridized carbons (Fsp3) is 0.500. The van der Waals surface area contributed by atoms with Gasteiger partial charge in [-0.2, -0.15) is 0 Å². The molecular formula is C18H22ClNO7S. The molecule has 2 rings (SSSR count). The molecule has 0 saturated heterocycles. The summed E-state index contributed by atoms with van der Waals surface area (Å²) in [5.74, 6) is -2.31. The van der Waals surface area contributed by atoms with E-state index >= 15 is 0 Å². The number of fused-ring (bicyclic) bond motifs is 1. The second kappa shape index (κ2) is 8.08. The molecule has 0 bridgehead atoms. The highest BCUT2D eigenvalue weighted by atomic mass is 35.5. The third-order valence-electron chi connectivity index (χ3n) is 4.04. The van der Waals surface area contributed by atoms with E-state index in [9.17, 15) is 22.8 Å². The molecule has 10 heteroatoms. The lowest BCUT2D eigenvalue weighted by molar-refractivity contribution is -0.142. The van der Waals surface area contributed by atoms with Crippen LogP contribution in [0.25, 0.3) is 0 Å². The number of hydrogen-bond acceptors (Lipinski definition) is 7. The van der Waals surface area contributed by atoms with Crippen LogP contribution < -0.4 is 5.32 Å². The summed E-state index contributed by atoms with van der Waals surface area (Å²) in [6.07, 6.45) is -1.01. The van der Waals surface area contributed by atoms with E-state index < -0.39 is 50.3 Å². The van der Waals surface area contributed by atoms with Gasteiger partial charge in [-0.05, 0) is 51.0 Å². The molecule has 1 aliphatic rings. The highest BCUT2D eigenvalue weighted by Gasteiger charge is 2.42. The minimum atomic E-state index is -4.10. The summed E-state index contributed by atoms with van der Waals surface area (Å²) in [6, 6.07) is 3.02. The first kappa shape index (κ1) is 22.2. The van der Waals surface area contributed by atoms with Gasteiger partial charge in [-0.15, -0.1) is 0 Å². The molecule has 28 heavy (non-hydrogen) atoms. The fourth-order valence-electron chi connectivity index (χ4n) is 2.84. The van der Waals surface area contributed by atoms with Crippen molar-refractivity contribution in [3.05, 3.63) is 34.3 Å². The number of hydrogen-bond donors (Lipinski definition) is 1. The second-order valence-electron chi connectivity index (χ2n) is 7.41. The average Bonchev–Trinajstić information content (AvgIpc) is 2.88. The van der Waals surface area contributed by atoms with Crippen molar-refractivity contribution in [3.8, 4) is 0 Å². The van der Waals surface area contributed by atoms with Gasteiger partial charge in [-0.1, -0.05) is 11.6 Å². The molecule has 0 saturated carbocycles. The molecule has 154 valence electrons. The Kier molecular flexibility index (Phi) is 6.40. The van der Waals surface area contributed by atoms with Crippen molar-refractivity contribution in [2.24, 2.45) is 0 Å². The van der Waals surface area contributed by atoms with Gasteiger partial charge in [-0.25, -0.2) is 18.0 Å². The van der Waals surface area contributed by atoms with Crippen LogP contribution in [0, 0.1) is 0 Å². The molecule has 0 aromatic heterocycles. The van der Waals surface area contributed by atoms with Crippen molar-refractivity contribution in [2.45, 2.75) is 44.1 Å². The van der Waals surface area contributed by atoms with Crippen LogP contribution in [-0.2, 0) is 30.5 Å². The molecule has 0 fully saturated rings. The number of Topliss-reactive ketones (excluding diaryl/α,β-unsaturated/α-hetero) is 1. The first-order chi connectivity index (χ1) is 12.8. The first-order valence-electron chi connectivity index (χ1n) is 8.45. The minimum absolute atomic E-state index is 0.0443. The smallest absolute Gasteiger partial charge is 0.408 e. The maximum absolute atomic E-state index is 12.8. The summed E-state index contributed by atoms with van der Waals surface area (Å²) >= 11 is 5.90. The Bertz CT molecular complexity index is 905. The van der Waals surface area contributed by atoms with Crippen molar-refractivity contribution in [3.63, 3.8) is 0 Å². The average molecular weight is 432 g/mol. The second-order valence-corrected chi connectivity index (χ2v) is 10.1. The van der Waals surface area contributed by atoms with Crippen molar-refractivity contribution < 1.29 is 32.3 Å². The summed E-state index contributed by atoms with van der Waals surface area (Å²) in [6.45, 7) is 4.86. The molecular weight excluding hydrogens is 410 g/mol. The highest BCUT2D eigenvalue weighted by Crippen LogP contribution is 2.29. The Balaban J connectivity index is 2.20. The van der Waals surface area contributed by atoms with E-state index in [1.54, 1.807) is 26.8 Å². The Labute approximate surface area is 168 Å². The van der Waals surface area contributed by atoms with Gasteiger partial charge in [0, 0.05) is 10.6 Å². The molecule has 1 aromatic carbocycles. The number of carbonyl (C=O) groups excluding carboxylic acids is 3. The van der Waals surface area contributed by atoms with Crippen LogP contribution in [0.2, 0.25) is 5.02 Å². The number of amides is 1. The Morgan fingerprint density at radius 2 is 1.96 bits per heavy atom. The highest BCUT2D eigenvalue weighted by molar-refractivity contribution is 7.92. The molecule has 1 aliphatic carbocycles. The number of alkyl carbamates (subject to hydrolysis) is 1. The van der Waals surface area contributed by atoms with E-state index in [1.807, 2.05) is 0 Å². The topological polar surface area (TPSA) is 116 Å². The zero-order valence-corrected chi connectivity index (χ0v) is 17.5. The zero-order valence-electron chi connectivity index (χ0n) is 15.9. The number of sulfone groups is 1. The Hall–Kier alpha value is -2.13. The predicted molar refractivity (Wildman–Crippen MR) is 102 cm³/mol. The third-order valence-corrected chi connectivity index (χ3v) is 6.32. The van der Waals surface area contributed by atoms with Crippen molar-refractivity contribution >= 4 is 39.3 Å². The van der Waals surface area contributed by atoms with Crippen LogP contribution in [0.5, 0.6) is 0 Å². The van der Waals surface area contributed by atoms with Crippen molar-refractivity contribution in [2.75, 3.05) is 12.9 Å². The number of esters is 1. The third kappa shape index (κ3) is 5.23.